The van der Waals surface area contributed by atoms with Crippen LogP contribution in [0.3, 0.4) is 0 Å². The van der Waals surface area contributed by atoms with Gasteiger partial charge in [-0.3, -0.25) is 4.79 Å². The van der Waals surface area contributed by atoms with Crippen LogP contribution in [0.4, 0.5) is 0 Å². The van der Waals surface area contributed by atoms with Crippen LogP contribution in [0, 0.1) is 0 Å². The summed E-state index contributed by atoms with van der Waals surface area (Å²) in [6.45, 7) is 3.46. The summed E-state index contributed by atoms with van der Waals surface area (Å²) in [7, 11) is 0. The van der Waals surface area contributed by atoms with E-state index in [1.165, 1.54) is 18.3 Å². The Bertz CT molecular complexity index is 417. The lowest BCUT2D eigenvalue weighted by molar-refractivity contribution is -0.115. The summed E-state index contributed by atoms with van der Waals surface area (Å²) in [6.07, 6.45) is 3.33. The molecule has 0 saturated carbocycles. The minimum absolute atomic E-state index is 0.00184. The lowest BCUT2D eigenvalue weighted by Gasteiger charge is -2.02. The third-order valence-corrected chi connectivity index (χ3v) is 2.81. The Morgan fingerprint density at radius 3 is 2.94 bits per heavy atom. The maximum Gasteiger partial charge on any atom is 0.338 e. The maximum absolute atomic E-state index is 11.2. The number of carbonyl (C=O) groups excluding carboxylic acids is 1. The largest absolute Gasteiger partial charge is 0.478 e. The molecule has 0 aliphatic rings. The highest BCUT2D eigenvalue weighted by atomic mass is 32.2. The van der Waals surface area contributed by atoms with Gasteiger partial charge in [-0.2, -0.15) is 0 Å². The van der Waals surface area contributed by atoms with E-state index in [-0.39, 0.29) is 17.1 Å². The van der Waals surface area contributed by atoms with Gasteiger partial charge < -0.3 is 5.11 Å². The van der Waals surface area contributed by atoms with Crippen LogP contribution in [-0.2, 0) is 4.79 Å². The molecular weight excluding hydrogens is 226 g/mol. The van der Waals surface area contributed by atoms with Crippen LogP contribution in [0.25, 0.3) is 0 Å². The first-order chi connectivity index (χ1) is 7.65. The number of rotatable bonds is 6. The Kier molecular flexibility index (Phi) is 4.72. The van der Waals surface area contributed by atoms with Crippen molar-refractivity contribution in [3.8, 4) is 0 Å². The number of carboxylic acid groups (broad SMARTS) is 1. The monoisotopic (exact) mass is 237 g/mol. The van der Waals surface area contributed by atoms with E-state index in [0.29, 0.717) is 11.4 Å². The van der Waals surface area contributed by atoms with Crippen LogP contribution in [0.5, 0.6) is 0 Å². The number of allylic oxidation sites excluding steroid dienone is 1. The summed E-state index contributed by atoms with van der Waals surface area (Å²) in [5.41, 5.74) is 0.124. The van der Waals surface area contributed by atoms with Crippen LogP contribution < -0.4 is 0 Å². The van der Waals surface area contributed by atoms with Crippen molar-refractivity contribution in [3.05, 3.63) is 36.5 Å². The Morgan fingerprint density at radius 2 is 2.31 bits per heavy atom. The highest BCUT2D eigenvalue weighted by Crippen LogP contribution is 2.20. The second kappa shape index (κ2) is 6.07. The summed E-state index contributed by atoms with van der Waals surface area (Å²) in [5, 5.41) is 9.25. The number of aromatic nitrogens is 1. The molecular formula is C11H11NO3S. The fourth-order valence-corrected chi connectivity index (χ4v) is 1.90. The number of carboxylic acids is 1. The predicted octanol–water partition coefficient (Wildman–Crippen LogP) is 2.02. The van der Waals surface area contributed by atoms with Crippen LogP contribution in [0.15, 0.2) is 36.0 Å². The first-order valence-electron chi connectivity index (χ1n) is 4.59. The van der Waals surface area contributed by atoms with E-state index in [0.717, 1.165) is 11.8 Å². The molecule has 0 amide bonds. The van der Waals surface area contributed by atoms with Crippen LogP contribution in [0.2, 0.25) is 0 Å². The Hall–Kier alpha value is -1.62. The number of hydrogen-bond donors (Lipinski definition) is 1. The molecule has 84 valence electrons. The number of carbonyl (C=O) groups is 2. The van der Waals surface area contributed by atoms with Crippen LogP contribution in [0.1, 0.15) is 16.8 Å². The van der Waals surface area contributed by atoms with Crippen molar-refractivity contribution in [2.24, 2.45) is 0 Å². The van der Waals surface area contributed by atoms with Gasteiger partial charge in [0.1, 0.15) is 10.8 Å². The zero-order valence-electron chi connectivity index (χ0n) is 8.55. The van der Waals surface area contributed by atoms with E-state index >= 15 is 0 Å². The van der Waals surface area contributed by atoms with Crippen molar-refractivity contribution >= 4 is 23.5 Å². The number of pyridine rings is 1. The average Bonchev–Trinajstić information content (AvgIpc) is 2.27. The van der Waals surface area contributed by atoms with Crippen LogP contribution >= 0.6 is 11.8 Å². The van der Waals surface area contributed by atoms with Gasteiger partial charge >= 0.3 is 5.97 Å². The minimum Gasteiger partial charge on any atom is -0.478 e. The van der Waals surface area contributed by atoms with Crippen molar-refractivity contribution in [1.82, 2.24) is 4.98 Å². The molecule has 1 rings (SSSR count). The molecule has 0 aliphatic heterocycles. The molecule has 0 saturated heterocycles. The third kappa shape index (κ3) is 3.51. The van der Waals surface area contributed by atoms with Gasteiger partial charge in [-0.25, -0.2) is 9.78 Å². The van der Waals surface area contributed by atoms with E-state index < -0.39 is 5.97 Å². The van der Waals surface area contributed by atoms with Crippen molar-refractivity contribution in [2.75, 3.05) is 5.75 Å². The van der Waals surface area contributed by atoms with Crippen molar-refractivity contribution < 1.29 is 14.7 Å². The molecule has 0 aromatic carbocycles. The summed E-state index contributed by atoms with van der Waals surface area (Å²) >= 11 is 1.13. The highest BCUT2D eigenvalue weighted by Gasteiger charge is 2.12. The van der Waals surface area contributed by atoms with E-state index in [2.05, 4.69) is 11.6 Å². The molecule has 4 nitrogen and oxygen atoms in total. The second-order valence-corrected chi connectivity index (χ2v) is 3.95. The molecule has 1 aromatic rings. The molecule has 0 atom stereocenters. The average molecular weight is 237 g/mol. The smallest absolute Gasteiger partial charge is 0.338 e. The number of nitrogens with zero attached hydrogens (tertiary/aromatic N) is 1. The van der Waals surface area contributed by atoms with E-state index in [1.807, 2.05) is 0 Å². The summed E-state index contributed by atoms with van der Waals surface area (Å²) in [6, 6.07) is 3.02. The van der Waals surface area contributed by atoms with Crippen molar-refractivity contribution in [3.63, 3.8) is 0 Å². The Morgan fingerprint density at radius 1 is 1.56 bits per heavy atom. The number of thioether (sulfide) groups is 1. The normalized spacial score (nSPS) is 9.75. The second-order valence-electron chi connectivity index (χ2n) is 2.98. The summed E-state index contributed by atoms with van der Waals surface area (Å²) in [5.74, 6) is -0.822. The molecule has 0 radical (unpaired) electrons. The Balaban J connectivity index is 2.70. The van der Waals surface area contributed by atoms with Gasteiger partial charge in [0.05, 0.1) is 11.3 Å². The molecule has 1 aromatic heterocycles. The fraction of sp³-hybridized carbons (Fsp3) is 0.182. The van der Waals surface area contributed by atoms with Gasteiger partial charge in [-0.1, -0.05) is 17.8 Å². The molecule has 16 heavy (non-hydrogen) atoms. The van der Waals surface area contributed by atoms with Crippen molar-refractivity contribution in [1.29, 1.82) is 0 Å². The number of aromatic carboxylic acids is 1. The number of hydrogen-bond acceptors (Lipinski definition) is 4. The third-order valence-electron chi connectivity index (χ3n) is 1.74. The first kappa shape index (κ1) is 12.4. The van der Waals surface area contributed by atoms with Gasteiger partial charge in [0.25, 0.3) is 0 Å². The van der Waals surface area contributed by atoms with Gasteiger partial charge in [-0.15, -0.1) is 6.58 Å². The molecule has 0 unspecified atom stereocenters. The summed E-state index contributed by atoms with van der Waals surface area (Å²) in [4.78, 5) is 26.0. The zero-order valence-corrected chi connectivity index (χ0v) is 9.37. The van der Waals surface area contributed by atoms with Crippen molar-refractivity contribution in [2.45, 2.75) is 11.4 Å². The Labute approximate surface area is 97.4 Å². The topological polar surface area (TPSA) is 67.3 Å². The van der Waals surface area contributed by atoms with E-state index in [9.17, 15) is 9.59 Å². The van der Waals surface area contributed by atoms with Gasteiger partial charge in [0.15, 0.2) is 0 Å². The number of Topliss-reactive ketones (excluding diaryl/α,β-unsaturated/α-hetero) is 1. The SMILES string of the molecule is C=CCC(=O)CSc1ncccc1C(=O)O. The summed E-state index contributed by atoms with van der Waals surface area (Å²) < 4.78 is 0. The quantitative estimate of drug-likeness (QED) is 0.605. The maximum atomic E-state index is 11.2. The lowest BCUT2D eigenvalue weighted by Crippen LogP contribution is -2.04. The minimum atomic E-state index is -1.04. The molecule has 0 aliphatic carbocycles. The molecule has 0 bridgehead atoms. The van der Waals surface area contributed by atoms with E-state index in [1.54, 1.807) is 6.07 Å². The standard InChI is InChI=1S/C11H11NO3S/c1-2-4-8(13)7-16-10-9(11(14)15)5-3-6-12-10/h2-3,5-6H,1,4,7H2,(H,14,15). The molecule has 0 fully saturated rings. The van der Waals surface area contributed by atoms with Crippen LogP contribution in [-0.4, -0.2) is 27.6 Å². The highest BCUT2D eigenvalue weighted by molar-refractivity contribution is 8.00. The van der Waals surface area contributed by atoms with Gasteiger partial charge in [0.2, 0.25) is 0 Å². The van der Waals surface area contributed by atoms with Gasteiger partial charge in [0, 0.05) is 12.6 Å². The molecule has 1 heterocycles. The molecule has 1 N–H and O–H groups in total. The zero-order chi connectivity index (χ0) is 12.0. The predicted molar refractivity (Wildman–Crippen MR) is 61.7 cm³/mol. The molecule has 0 spiro atoms. The molecule has 5 heteroatoms. The lowest BCUT2D eigenvalue weighted by atomic mass is 10.3. The first-order valence-corrected chi connectivity index (χ1v) is 5.57. The number of ketones is 1. The van der Waals surface area contributed by atoms with E-state index in [4.69, 9.17) is 5.11 Å². The van der Waals surface area contributed by atoms with Gasteiger partial charge in [-0.05, 0) is 12.1 Å². The fourth-order valence-electron chi connectivity index (χ4n) is 1.04.